The van der Waals surface area contributed by atoms with Crippen molar-refractivity contribution in [2.24, 2.45) is 5.41 Å². The molecule has 0 amide bonds. The second-order valence-corrected chi connectivity index (χ2v) is 8.00. The van der Waals surface area contributed by atoms with Gasteiger partial charge in [-0.05, 0) is 50.6 Å². The van der Waals surface area contributed by atoms with Crippen molar-refractivity contribution < 1.29 is 0 Å². The van der Waals surface area contributed by atoms with E-state index in [-0.39, 0.29) is 0 Å². The highest BCUT2D eigenvalue weighted by Crippen LogP contribution is 2.39. The minimum absolute atomic E-state index is 0.445. The molecule has 2 nitrogen and oxygen atoms in total. The van der Waals surface area contributed by atoms with Gasteiger partial charge >= 0.3 is 0 Å². The Morgan fingerprint density at radius 2 is 1.71 bits per heavy atom. The van der Waals surface area contributed by atoms with Crippen LogP contribution in [0.4, 0.5) is 0 Å². The van der Waals surface area contributed by atoms with E-state index in [1.807, 2.05) is 0 Å². The highest BCUT2D eigenvalue weighted by molar-refractivity contribution is 4.99. The molecule has 0 aromatic heterocycles. The zero-order valence-corrected chi connectivity index (χ0v) is 15.0. The summed E-state index contributed by atoms with van der Waals surface area (Å²) in [6.45, 7) is 12.1. The standard InChI is InChI=1S/C19H38N2/c1-5-15-20-18-17(13-10-14-19(18,3)4)21(6-2)16-11-8-7-9-12-16/h16-18,20H,5-15H2,1-4H3. The maximum Gasteiger partial charge on any atom is 0.0274 e. The van der Waals surface area contributed by atoms with E-state index in [9.17, 15) is 0 Å². The fourth-order valence-electron chi connectivity index (χ4n) is 4.86. The van der Waals surface area contributed by atoms with E-state index >= 15 is 0 Å². The van der Waals surface area contributed by atoms with E-state index in [4.69, 9.17) is 0 Å². The molecule has 0 aromatic rings. The fraction of sp³-hybridized carbons (Fsp3) is 1.00. The largest absolute Gasteiger partial charge is 0.312 e. The van der Waals surface area contributed by atoms with Gasteiger partial charge in [-0.1, -0.05) is 53.4 Å². The van der Waals surface area contributed by atoms with Crippen LogP contribution < -0.4 is 5.32 Å². The van der Waals surface area contributed by atoms with Gasteiger partial charge in [0.15, 0.2) is 0 Å². The first-order chi connectivity index (χ1) is 10.1. The van der Waals surface area contributed by atoms with Crippen molar-refractivity contribution >= 4 is 0 Å². The molecule has 0 aliphatic heterocycles. The van der Waals surface area contributed by atoms with Crippen LogP contribution in [0.1, 0.15) is 85.5 Å². The van der Waals surface area contributed by atoms with Crippen molar-refractivity contribution in [3.8, 4) is 0 Å². The summed E-state index contributed by atoms with van der Waals surface area (Å²) in [4.78, 5) is 2.88. The quantitative estimate of drug-likeness (QED) is 0.771. The normalized spacial score (nSPS) is 30.7. The molecule has 0 bridgehead atoms. The van der Waals surface area contributed by atoms with Gasteiger partial charge in [0.25, 0.3) is 0 Å². The number of likely N-dealkylation sites (N-methyl/N-ethyl adjacent to an activating group) is 1. The third kappa shape index (κ3) is 4.22. The second-order valence-electron chi connectivity index (χ2n) is 8.00. The van der Waals surface area contributed by atoms with Crippen molar-refractivity contribution in [2.45, 2.75) is 104 Å². The minimum Gasteiger partial charge on any atom is -0.312 e. The number of hydrogen-bond acceptors (Lipinski definition) is 2. The molecule has 2 fully saturated rings. The average molecular weight is 295 g/mol. The molecule has 2 atom stereocenters. The fourth-order valence-corrected chi connectivity index (χ4v) is 4.86. The van der Waals surface area contributed by atoms with E-state index in [0.29, 0.717) is 11.5 Å². The summed E-state index contributed by atoms with van der Waals surface area (Å²) >= 11 is 0. The lowest BCUT2D eigenvalue weighted by atomic mass is 9.69. The molecule has 2 unspecified atom stereocenters. The average Bonchev–Trinajstić information content (AvgIpc) is 2.48. The summed E-state index contributed by atoms with van der Waals surface area (Å²) < 4.78 is 0. The lowest BCUT2D eigenvalue weighted by Gasteiger charge is -2.51. The summed E-state index contributed by atoms with van der Waals surface area (Å²) in [5, 5.41) is 3.92. The summed E-state index contributed by atoms with van der Waals surface area (Å²) in [5.41, 5.74) is 0.445. The molecule has 0 radical (unpaired) electrons. The Balaban J connectivity index is 2.11. The lowest BCUT2D eigenvalue weighted by molar-refractivity contribution is 0.0160. The van der Waals surface area contributed by atoms with Gasteiger partial charge in [-0.15, -0.1) is 0 Å². The summed E-state index contributed by atoms with van der Waals surface area (Å²) in [5.74, 6) is 0. The Bertz CT molecular complexity index is 294. The van der Waals surface area contributed by atoms with Crippen LogP contribution in [-0.2, 0) is 0 Å². The van der Waals surface area contributed by atoms with Gasteiger partial charge in [0.05, 0.1) is 0 Å². The highest BCUT2D eigenvalue weighted by atomic mass is 15.2. The van der Waals surface area contributed by atoms with E-state index in [2.05, 4.69) is 37.9 Å². The summed E-state index contributed by atoms with van der Waals surface area (Å²) in [7, 11) is 0. The Morgan fingerprint density at radius 1 is 1.00 bits per heavy atom. The van der Waals surface area contributed by atoms with Gasteiger partial charge in [-0.2, -0.15) is 0 Å². The third-order valence-electron chi connectivity index (χ3n) is 6.00. The van der Waals surface area contributed by atoms with Crippen molar-refractivity contribution in [1.29, 1.82) is 0 Å². The molecule has 21 heavy (non-hydrogen) atoms. The van der Waals surface area contributed by atoms with Crippen LogP contribution in [0.3, 0.4) is 0 Å². The summed E-state index contributed by atoms with van der Waals surface area (Å²) in [6, 6.07) is 2.29. The number of rotatable bonds is 6. The lowest BCUT2D eigenvalue weighted by Crippen LogP contribution is -2.61. The first kappa shape index (κ1) is 17.3. The minimum atomic E-state index is 0.445. The Hall–Kier alpha value is -0.0800. The molecule has 2 saturated carbocycles. The molecule has 0 spiro atoms. The topological polar surface area (TPSA) is 15.3 Å². The van der Waals surface area contributed by atoms with Crippen LogP contribution in [0.25, 0.3) is 0 Å². The van der Waals surface area contributed by atoms with Crippen molar-refractivity contribution in [3.05, 3.63) is 0 Å². The van der Waals surface area contributed by atoms with Gasteiger partial charge in [0, 0.05) is 18.1 Å². The molecule has 2 heteroatoms. The first-order valence-electron chi connectivity index (χ1n) is 9.59. The second kappa shape index (κ2) is 7.97. The maximum atomic E-state index is 3.92. The highest BCUT2D eigenvalue weighted by Gasteiger charge is 2.42. The Kier molecular flexibility index (Phi) is 6.55. The Labute approximate surface area is 133 Å². The smallest absolute Gasteiger partial charge is 0.0274 e. The maximum absolute atomic E-state index is 3.92. The van der Waals surface area contributed by atoms with Crippen LogP contribution in [0.2, 0.25) is 0 Å². The van der Waals surface area contributed by atoms with Crippen LogP contribution in [0, 0.1) is 5.41 Å². The van der Waals surface area contributed by atoms with Crippen LogP contribution >= 0.6 is 0 Å². The van der Waals surface area contributed by atoms with E-state index in [1.165, 1.54) is 70.9 Å². The van der Waals surface area contributed by atoms with Gasteiger partial charge in [-0.3, -0.25) is 4.90 Å². The zero-order valence-electron chi connectivity index (χ0n) is 15.0. The molecule has 0 heterocycles. The van der Waals surface area contributed by atoms with Gasteiger partial charge in [0.1, 0.15) is 0 Å². The zero-order chi connectivity index (χ0) is 15.3. The summed E-state index contributed by atoms with van der Waals surface area (Å²) in [6.07, 6.45) is 12.7. The first-order valence-corrected chi connectivity index (χ1v) is 9.59. The number of nitrogens with one attached hydrogen (secondary N) is 1. The molecule has 1 N–H and O–H groups in total. The molecule has 0 aromatic carbocycles. The number of nitrogens with zero attached hydrogens (tertiary/aromatic N) is 1. The molecule has 0 saturated heterocycles. The monoisotopic (exact) mass is 294 g/mol. The van der Waals surface area contributed by atoms with Crippen molar-refractivity contribution in [3.63, 3.8) is 0 Å². The number of hydrogen-bond donors (Lipinski definition) is 1. The van der Waals surface area contributed by atoms with E-state index in [1.54, 1.807) is 0 Å². The van der Waals surface area contributed by atoms with Crippen LogP contribution in [0.5, 0.6) is 0 Å². The molecule has 2 rings (SSSR count). The van der Waals surface area contributed by atoms with Gasteiger partial charge in [-0.25, -0.2) is 0 Å². The van der Waals surface area contributed by atoms with E-state index in [0.717, 1.165) is 12.1 Å². The Morgan fingerprint density at radius 3 is 2.33 bits per heavy atom. The van der Waals surface area contributed by atoms with Gasteiger partial charge < -0.3 is 5.32 Å². The SMILES string of the molecule is CCCNC1C(N(CC)C2CCCCC2)CCCC1(C)C. The van der Waals surface area contributed by atoms with Crippen molar-refractivity contribution in [2.75, 3.05) is 13.1 Å². The van der Waals surface area contributed by atoms with E-state index < -0.39 is 0 Å². The molecule has 2 aliphatic rings. The van der Waals surface area contributed by atoms with Gasteiger partial charge in [0.2, 0.25) is 0 Å². The van der Waals surface area contributed by atoms with Crippen LogP contribution in [-0.4, -0.2) is 36.1 Å². The predicted octanol–water partition coefficient (Wildman–Crippen LogP) is 4.59. The van der Waals surface area contributed by atoms with Crippen molar-refractivity contribution in [1.82, 2.24) is 10.2 Å². The third-order valence-corrected chi connectivity index (χ3v) is 6.00. The molecular weight excluding hydrogens is 256 g/mol. The molecule has 124 valence electrons. The molecule has 2 aliphatic carbocycles. The molecular formula is C19H38N2. The predicted molar refractivity (Wildman–Crippen MR) is 92.8 cm³/mol. The van der Waals surface area contributed by atoms with Crippen LogP contribution in [0.15, 0.2) is 0 Å².